The van der Waals surface area contributed by atoms with Crippen LogP contribution in [0.25, 0.3) is 0 Å². The molecule has 0 unspecified atom stereocenters. The normalized spacial score (nSPS) is 14.6. The number of amides is 2. The van der Waals surface area contributed by atoms with E-state index in [0.717, 1.165) is 37.1 Å². The molecule has 148 valence electrons. The fourth-order valence-corrected chi connectivity index (χ4v) is 3.49. The topological polar surface area (TPSA) is 58.6 Å². The zero-order valence-electron chi connectivity index (χ0n) is 16.8. The van der Waals surface area contributed by atoms with Crippen LogP contribution in [-0.4, -0.2) is 36.4 Å². The molecule has 1 aliphatic rings. The highest BCUT2D eigenvalue weighted by Crippen LogP contribution is 2.20. The molecule has 5 heteroatoms. The fourth-order valence-electron chi connectivity index (χ4n) is 3.49. The first kappa shape index (κ1) is 19.9. The second-order valence-electron chi connectivity index (χ2n) is 7.72. The molecule has 2 aromatic carbocycles. The Morgan fingerprint density at radius 3 is 2.43 bits per heavy atom. The number of ether oxygens (including phenoxy) is 1. The smallest absolute Gasteiger partial charge is 0.262 e. The van der Waals surface area contributed by atoms with Gasteiger partial charge in [0.1, 0.15) is 5.75 Å². The van der Waals surface area contributed by atoms with Gasteiger partial charge >= 0.3 is 0 Å². The molecule has 3 rings (SSSR count). The summed E-state index contributed by atoms with van der Waals surface area (Å²) in [5.74, 6) is 1.12. The largest absolute Gasteiger partial charge is 0.484 e. The van der Waals surface area contributed by atoms with E-state index in [1.807, 2.05) is 30.9 Å². The van der Waals surface area contributed by atoms with Crippen molar-refractivity contribution in [3.63, 3.8) is 0 Å². The molecule has 0 aliphatic carbocycles. The quantitative estimate of drug-likeness (QED) is 0.846. The summed E-state index contributed by atoms with van der Waals surface area (Å²) in [4.78, 5) is 26.8. The summed E-state index contributed by atoms with van der Waals surface area (Å²) < 4.78 is 5.60. The predicted octanol–water partition coefficient (Wildman–Crippen LogP) is 4.19. The number of anilines is 1. The highest BCUT2D eigenvalue weighted by atomic mass is 16.5. The van der Waals surface area contributed by atoms with Crippen LogP contribution in [0.5, 0.6) is 5.75 Å². The minimum atomic E-state index is -0.254. The first-order valence-electron chi connectivity index (χ1n) is 9.81. The summed E-state index contributed by atoms with van der Waals surface area (Å²) >= 11 is 0. The van der Waals surface area contributed by atoms with Gasteiger partial charge in [-0.3, -0.25) is 9.59 Å². The van der Waals surface area contributed by atoms with Gasteiger partial charge in [-0.25, -0.2) is 0 Å². The van der Waals surface area contributed by atoms with Crippen molar-refractivity contribution in [2.75, 3.05) is 25.0 Å². The number of benzene rings is 2. The van der Waals surface area contributed by atoms with E-state index < -0.39 is 0 Å². The maximum atomic E-state index is 12.7. The van der Waals surface area contributed by atoms with Gasteiger partial charge in [0.25, 0.3) is 11.8 Å². The molecule has 0 aromatic heterocycles. The Bertz CT molecular complexity index is 834. The zero-order valence-corrected chi connectivity index (χ0v) is 16.8. The molecule has 5 nitrogen and oxygen atoms in total. The molecule has 0 bridgehead atoms. The Kier molecular flexibility index (Phi) is 6.34. The molecule has 2 aromatic rings. The maximum absolute atomic E-state index is 12.7. The second kappa shape index (κ2) is 8.91. The van der Waals surface area contributed by atoms with E-state index in [9.17, 15) is 9.59 Å². The van der Waals surface area contributed by atoms with Gasteiger partial charge in [-0.1, -0.05) is 19.1 Å². The number of rotatable bonds is 5. The Morgan fingerprint density at radius 2 is 1.75 bits per heavy atom. The molecule has 0 atom stereocenters. The van der Waals surface area contributed by atoms with Gasteiger partial charge in [-0.2, -0.15) is 0 Å². The van der Waals surface area contributed by atoms with Crippen molar-refractivity contribution in [3.8, 4) is 5.75 Å². The molecule has 0 radical (unpaired) electrons. The van der Waals surface area contributed by atoms with Gasteiger partial charge in [0.05, 0.1) is 0 Å². The summed E-state index contributed by atoms with van der Waals surface area (Å²) in [5, 5.41) is 2.81. The Morgan fingerprint density at radius 1 is 1.07 bits per heavy atom. The standard InChI is InChI=1S/C23H28N2O3/c1-16-7-9-25(10-8-16)23(27)19-5-4-6-20(14-19)24-22(26)15-28-21-12-17(2)11-18(3)13-21/h4-6,11-14,16H,7-10,15H2,1-3H3,(H,24,26). The molecule has 2 amide bonds. The number of likely N-dealkylation sites (tertiary alicyclic amines) is 1. The van der Waals surface area contributed by atoms with Gasteiger partial charge < -0.3 is 15.0 Å². The lowest BCUT2D eigenvalue weighted by Gasteiger charge is -2.30. The van der Waals surface area contributed by atoms with Crippen molar-refractivity contribution in [1.29, 1.82) is 0 Å². The van der Waals surface area contributed by atoms with E-state index in [1.54, 1.807) is 24.3 Å². The van der Waals surface area contributed by atoms with Gasteiger partial charge in [0.2, 0.25) is 0 Å². The monoisotopic (exact) mass is 380 g/mol. The van der Waals surface area contributed by atoms with Gasteiger partial charge in [0, 0.05) is 24.3 Å². The molecule has 0 spiro atoms. The number of hydrogen-bond donors (Lipinski definition) is 1. The third-order valence-electron chi connectivity index (χ3n) is 5.03. The molecular formula is C23H28N2O3. The molecule has 1 N–H and O–H groups in total. The Balaban J connectivity index is 1.57. The summed E-state index contributed by atoms with van der Waals surface area (Å²) in [6.07, 6.45) is 2.08. The summed E-state index contributed by atoms with van der Waals surface area (Å²) in [5.41, 5.74) is 3.38. The molecule has 28 heavy (non-hydrogen) atoms. The number of nitrogens with zero attached hydrogens (tertiary/aromatic N) is 1. The maximum Gasteiger partial charge on any atom is 0.262 e. The van der Waals surface area contributed by atoms with Crippen molar-refractivity contribution in [1.82, 2.24) is 4.90 Å². The Hall–Kier alpha value is -2.82. The summed E-state index contributed by atoms with van der Waals surface area (Å²) in [6.45, 7) is 7.71. The van der Waals surface area contributed by atoms with Crippen molar-refractivity contribution in [2.45, 2.75) is 33.6 Å². The zero-order chi connectivity index (χ0) is 20.1. The third kappa shape index (κ3) is 5.35. The van der Waals surface area contributed by atoms with Crippen LogP contribution in [0.3, 0.4) is 0 Å². The van der Waals surface area contributed by atoms with Crippen LogP contribution in [0.15, 0.2) is 42.5 Å². The lowest BCUT2D eigenvalue weighted by Crippen LogP contribution is -2.37. The number of hydrogen-bond acceptors (Lipinski definition) is 3. The fraction of sp³-hybridized carbons (Fsp3) is 0.391. The van der Waals surface area contributed by atoms with Crippen molar-refractivity contribution in [2.24, 2.45) is 5.92 Å². The van der Waals surface area contributed by atoms with E-state index >= 15 is 0 Å². The van der Waals surface area contributed by atoms with Gasteiger partial charge in [-0.15, -0.1) is 0 Å². The Labute approximate surface area is 166 Å². The van der Waals surface area contributed by atoms with E-state index in [2.05, 4.69) is 18.3 Å². The first-order valence-corrected chi connectivity index (χ1v) is 9.81. The summed E-state index contributed by atoms with van der Waals surface area (Å²) in [7, 11) is 0. The van der Waals surface area contributed by atoms with Crippen molar-refractivity contribution < 1.29 is 14.3 Å². The molecule has 0 saturated carbocycles. The predicted molar refractivity (Wildman–Crippen MR) is 111 cm³/mol. The SMILES string of the molecule is Cc1cc(C)cc(OCC(=O)Nc2cccc(C(=O)N3CCC(C)CC3)c2)c1. The van der Waals surface area contributed by atoms with Crippen molar-refractivity contribution >= 4 is 17.5 Å². The minimum absolute atomic E-state index is 0.0227. The molecule has 1 heterocycles. The van der Waals surface area contributed by atoms with Crippen LogP contribution < -0.4 is 10.1 Å². The van der Waals surface area contributed by atoms with Crippen LogP contribution in [0, 0.1) is 19.8 Å². The minimum Gasteiger partial charge on any atom is -0.484 e. The van der Waals surface area contributed by atoms with E-state index in [4.69, 9.17) is 4.74 Å². The average Bonchev–Trinajstić information content (AvgIpc) is 2.66. The number of nitrogens with one attached hydrogen (secondary N) is 1. The van der Waals surface area contributed by atoms with Gasteiger partial charge in [-0.05, 0) is 74.1 Å². The lowest BCUT2D eigenvalue weighted by atomic mass is 9.98. The molecule has 1 fully saturated rings. The lowest BCUT2D eigenvalue weighted by molar-refractivity contribution is -0.118. The van der Waals surface area contributed by atoms with Crippen LogP contribution in [0.2, 0.25) is 0 Å². The number of carbonyl (C=O) groups excluding carboxylic acids is 2. The van der Waals surface area contributed by atoms with Gasteiger partial charge in [0.15, 0.2) is 6.61 Å². The highest BCUT2D eigenvalue weighted by molar-refractivity contribution is 5.97. The van der Waals surface area contributed by atoms with Crippen LogP contribution in [0.1, 0.15) is 41.3 Å². The average molecular weight is 380 g/mol. The van der Waals surface area contributed by atoms with Crippen LogP contribution in [0.4, 0.5) is 5.69 Å². The van der Waals surface area contributed by atoms with E-state index in [-0.39, 0.29) is 18.4 Å². The first-order chi connectivity index (χ1) is 13.4. The third-order valence-corrected chi connectivity index (χ3v) is 5.03. The van der Waals surface area contributed by atoms with E-state index in [0.29, 0.717) is 22.9 Å². The number of piperidine rings is 1. The van der Waals surface area contributed by atoms with Crippen LogP contribution in [-0.2, 0) is 4.79 Å². The summed E-state index contributed by atoms with van der Waals surface area (Å²) in [6, 6.07) is 13.0. The van der Waals surface area contributed by atoms with Crippen molar-refractivity contribution in [3.05, 3.63) is 59.2 Å². The van der Waals surface area contributed by atoms with Crippen LogP contribution >= 0.6 is 0 Å². The molecule has 1 aliphatic heterocycles. The highest BCUT2D eigenvalue weighted by Gasteiger charge is 2.21. The molecule has 1 saturated heterocycles. The number of aryl methyl sites for hydroxylation is 2. The second-order valence-corrected chi connectivity index (χ2v) is 7.72. The number of carbonyl (C=O) groups is 2. The van der Waals surface area contributed by atoms with E-state index in [1.165, 1.54) is 0 Å². The molecular weight excluding hydrogens is 352 g/mol.